The molecule has 0 aromatic carbocycles. The van der Waals surface area contributed by atoms with Crippen LogP contribution in [0.3, 0.4) is 0 Å². The third kappa shape index (κ3) is 3.79. The van der Waals surface area contributed by atoms with Crippen LogP contribution in [0.5, 0.6) is 5.75 Å². The highest BCUT2D eigenvalue weighted by molar-refractivity contribution is 6.33. The van der Waals surface area contributed by atoms with Crippen molar-refractivity contribution in [2.45, 2.75) is 12.6 Å². The Balaban J connectivity index is 1.51. The zero-order valence-electron chi connectivity index (χ0n) is 17.4. The van der Waals surface area contributed by atoms with Crippen LogP contribution < -0.4 is 0 Å². The molecule has 0 atom stereocenters. The third-order valence-electron chi connectivity index (χ3n) is 5.61. The number of hydrogen-bond donors (Lipinski definition) is 1. The van der Waals surface area contributed by atoms with Crippen molar-refractivity contribution in [3.8, 4) is 16.9 Å². The zero-order valence-corrected chi connectivity index (χ0v) is 18.1. The first-order chi connectivity index (χ1) is 16.2. The van der Waals surface area contributed by atoms with Gasteiger partial charge in [0.05, 0.1) is 18.1 Å². The molecule has 5 heterocycles. The van der Waals surface area contributed by atoms with Gasteiger partial charge in [-0.05, 0) is 36.3 Å². The van der Waals surface area contributed by atoms with E-state index in [2.05, 4.69) is 9.97 Å². The molecule has 4 aromatic rings. The smallest absolute Gasteiger partial charge is 0.420 e. The maximum absolute atomic E-state index is 13.8. The van der Waals surface area contributed by atoms with Gasteiger partial charge in [-0.3, -0.25) is 14.2 Å². The Labute approximate surface area is 195 Å². The lowest BCUT2D eigenvalue weighted by Crippen LogP contribution is -2.35. The third-order valence-corrected chi connectivity index (χ3v) is 5.97. The van der Waals surface area contributed by atoms with Gasteiger partial charge in [-0.15, -0.1) is 0 Å². The summed E-state index contributed by atoms with van der Waals surface area (Å²) in [6.07, 6.45) is 3.03. The van der Waals surface area contributed by atoms with Crippen molar-refractivity contribution in [1.29, 1.82) is 0 Å². The van der Waals surface area contributed by atoms with E-state index in [0.717, 1.165) is 16.0 Å². The van der Waals surface area contributed by atoms with E-state index in [4.69, 9.17) is 16.0 Å². The largest absolute Gasteiger partial charge is 0.506 e. The highest BCUT2D eigenvalue weighted by Gasteiger charge is 2.36. The number of fused-ring (bicyclic) bond motifs is 1. The molecule has 0 saturated heterocycles. The quantitative estimate of drug-likeness (QED) is 0.423. The molecular formula is C23H16ClF3N4O3. The number of carbonyl (C=O) groups excluding carboxylic acids is 1. The summed E-state index contributed by atoms with van der Waals surface area (Å²) in [4.78, 5) is 22.7. The molecule has 11 heteroatoms. The highest BCUT2D eigenvalue weighted by atomic mass is 35.5. The molecule has 34 heavy (non-hydrogen) atoms. The summed E-state index contributed by atoms with van der Waals surface area (Å²) in [7, 11) is 0. The second kappa shape index (κ2) is 8.21. The number of rotatable bonds is 3. The first-order valence-corrected chi connectivity index (χ1v) is 10.6. The summed E-state index contributed by atoms with van der Waals surface area (Å²) in [5.74, 6) is -0.558. The molecule has 1 aliphatic heterocycles. The first-order valence-electron chi connectivity index (χ1n) is 10.2. The fraction of sp³-hybridized carbons (Fsp3) is 0.174. The van der Waals surface area contributed by atoms with Crippen LogP contribution in [0.25, 0.3) is 22.3 Å². The highest BCUT2D eigenvalue weighted by Crippen LogP contribution is 2.37. The topological polar surface area (TPSA) is 83.9 Å². The summed E-state index contributed by atoms with van der Waals surface area (Å²) in [5, 5.41) is 9.79. The van der Waals surface area contributed by atoms with E-state index in [0.29, 0.717) is 17.7 Å². The Bertz CT molecular complexity index is 1430. The molecule has 0 fully saturated rings. The summed E-state index contributed by atoms with van der Waals surface area (Å²) < 4.78 is 47.5. The molecule has 1 N–H and O–H groups in total. The first kappa shape index (κ1) is 22.0. The maximum Gasteiger partial charge on any atom is 0.420 e. The monoisotopic (exact) mass is 488 g/mol. The molecule has 0 radical (unpaired) electrons. The second-order valence-corrected chi connectivity index (χ2v) is 8.06. The number of halogens is 4. The van der Waals surface area contributed by atoms with Crippen molar-refractivity contribution in [2.75, 3.05) is 13.1 Å². The zero-order chi connectivity index (χ0) is 24.0. The lowest BCUT2D eigenvalue weighted by atomic mass is 10.0. The average molecular weight is 489 g/mol. The lowest BCUT2D eigenvalue weighted by molar-refractivity contribution is -0.136. The van der Waals surface area contributed by atoms with Gasteiger partial charge in [-0.2, -0.15) is 13.2 Å². The van der Waals surface area contributed by atoms with Gasteiger partial charge < -0.3 is 14.4 Å². The summed E-state index contributed by atoms with van der Waals surface area (Å²) in [6, 6.07) is 5.60. The number of imidazole rings is 1. The number of alkyl halides is 3. The Morgan fingerprint density at radius 2 is 2.06 bits per heavy atom. The molecule has 0 unspecified atom stereocenters. The van der Waals surface area contributed by atoms with Crippen molar-refractivity contribution in [1.82, 2.24) is 19.3 Å². The number of carbonyl (C=O) groups is 1. The van der Waals surface area contributed by atoms with Gasteiger partial charge in [0.15, 0.2) is 11.3 Å². The van der Waals surface area contributed by atoms with Crippen LogP contribution in [0.4, 0.5) is 13.2 Å². The van der Waals surface area contributed by atoms with Crippen molar-refractivity contribution in [2.24, 2.45) is 0 Å². The van der Waals surface area contributed by atoms with Gasteiger partial charge in [0.25, 0.3) is 5.91 Å². The molecule has 0 bridgehead atoms. The molecule has 0 spiro atoms. The Morgan fingerprint density at radius 1 is 1.24 bits per heavy atom. The van der Waals surface area contributed by atoms with Crippen molar-refractivity contribution in [3.05, 3.63) is 77.4 Å². The summed E-state index contributed by atoms with van der Waals surface area (Å²) >= 11 is 6.38. The summed E-state index contributed by atoms with van der Waals surface area (Å²) in [5.41, 5.74) is 0.103. The molecule has 4 aromatic heterocycles. The van der Waals surface area contributed by atoms with Crippen molar-refractivity contribution in [3.63, 3.8) is 0 Å². The predicted octanol–water partition coefficient (Wildman–Crippen LogP) is 5.30. The standard InChI is InChI=1S/C23H16ClF3N4O3/c24-20-19(22(33)30-7-3-13(4-8-30)18-17(32)2-1-6-28-18)29-21-16(23(25,26)27)10-15(11-31(20)21)14-5-9-34-12-14/h1-3,5-6,9-12,32H,4,7-8H2. The second-order valence-electron chi connectivity index (χ2n) is 7.70. The molecule has 1 amide bonds. The maximum atomic E-state index is 13.8. The van der Waals surface area contributed by atoms with Gasteiger partial charge in [0, 0.05) is 36.6 Å². The number of aromatic nitrogens is 3. The van der Waals surface area contributed by atoms with Gasteiger partial charge in [0.1, 0.15) is 16.6 Å². The van der Waals surface area contributed by atoms with Gasteiger partial charge in [-0.1, -0.05) is 17.7 Å². The van der Waals surface area contributed by atoms with E-state index >= 15 is 0 Å². The van der Waals surface area contributed by atoms with Gasteiger partial charge in [-0.25, -0.2) is 4.98 Å². The van der Waals surface area contributed by atoms with Crippen LogP contribution in [0.1, 0.15) is 28.2 Å². The van der Waals surface area contributed by atoms with Crippen LogP contribution >= 0.6 is 11.6 Å². The average Bonchev–Trinajstić information content (AvgIpc) is 3.47. The number of nitrogens with zero attached hydrogens (tertiary/aromatic N) is 4. The molecule has 7 nitrogen and oxygen atoms in total. The van der Waals surface area contributed by atoms with E-state index in [9.17, 15) is 23.1 Å². The van der Waals surface area contributed by atoms with Crippen LogP contribution in [0.2, 0.25) is 5.15 Å². The van der Waals surface area contributed by atoms with Crippen LogP contribution in [-0.2, 0) is 6.18 Å². The molecule has 5 rings (SSSR count). The Hall–Kier alpha value is -3.79. The SMILES string of the molecule is O=C(c1nc2c(C(F)(F)F)cc(-c3ccoc3)cn2c1Cl)N1CC=C(c2ncccc2O)CC1. The van der Waals surface area contributed by atoms with Gasteiger partial charge >= 0.3 is 6.18 Å². The van der Waals surface area contributed by atoms with Gasteiger partial charge in [0.2, 0.25) is 0 Å². The number of hydrogen-bond acceptors (Lipinski definition) is 5. The molecule has 1 aliphatic rings. The molecular weight excluding hydrogens is 473 g/mol. The molecule has 0 saturated carbocycles. The van der Waals surface area contributed by atoms with Crippen molar-refractivity contribution >= 4 is 28.7 Å². The Morgan fingerprint density at radius 3 is 2.71 bits per heavy atom. The number of pyridine rings is 2. The van der Waals surface area contributed by atoms with E-state index < -0.39 is 23.3 Å². The van der Waals surface area contributed by atoms with Crippen LogP contribution in [0, 0.1) is 0 Å². The minimum absolute atomic E-state index is 0.0324. The normalized spacial score (nSPS) is 14.5. The lowest BCUT2D eigenvalue weighted by Gasteiger charge is -2.26. The van der Waals surface area contributed by atoms with E-state index in [1.165, 1.54) is 35.8 Å². The fourth-order valence-electron chi connectivity index (χ4n) is 3.91. The van der Waals surface area contributed by atoms with E-state index in [-0.39, 0.29) is 35.2 Å². The predicted molar refractivity (Wildman–Crippen MR) is 117 cm³/mol. The molecule has 174 valence electrons. The fourth-order valence-corrected chi connectivity index (χ4v) is 4.16. The Kier molecular flexibility index (Phi) is 5.32. The summed E-state index contributed by atoms with van der Waals surface area (Å²) in [6.45, 7) is 0.429. The van der Waals surface area contributed by atoms with Crippen molar-refractivity contribution < 1.29 is 27.5 Å². The van der Waals surface area contributed by atoms with E-state index in [1.54, 1.807) is 18.3 Å². The number of aromatic hydroxyl groups is 1. The van der Waals surface area contributed by atoms with Crippen LogP contribution in [0.15, 0.2) is 59.7 Å². The molecule has 0 aliphatic carbocycles. The number of furan rings is 1. The number of amides is 1. The minimum Gasteiger partial charge on any atom is -0.506 e. The van der Waals surface area contributed by atoms with Crippen LogP contribution in [-0.4, -0.2) is 43.4 Å². The minimum atomic E-state index is -4.72. The van der Waals surface area contributed by atoms with E-state index in [1.807, 2.05) is 0 Å².